The van der Waals surface area contributed by atoms with Gasteiger partial charge in [0.25, 0.3) is 0 Å². The molecular formula is C60H37N3. The highest BCUT2D eigenvalue weighted by Crippen LogP contribution is 2.43. The van der Waals surface area contributed by atoms with Gasteiger partial charge in [0.15, 0.2) is 0 Å². The van der Waals surface area contributed by atoms with Crippen LogP contribution in [-0.4, -0.2) is 14.5 Å². The second-order valence-electron chi connectivity index (χ2n) is 16.5. The maximum atomic E-state index is 5.31. The molecule has 0 aliphatic carbocycles. The predicted molar refractivity (Wildman–Crippen MR) is 266 cm³/mol. The third-order valence-electron chi connectivity index (χ3n) is 13.0. The molecule has 0 aliphatic heterocycles. The molecule has 0 radical (unpaired) electrons. The lowest BCUT2D eigenvalue weighted by Gasteiger charge is -2.16. The predicted octanol–water partition coefficient (Wildman–Crippen LogP) is 16.0. The van der Waals surface area contributed by atoms with Crippen molar-refractivity contribution in [3.8, 4) is 50.3 Å². The summed E-state index contributed by atoms with van der Waals surface area (Å²) in [6, 6.07) is 79.1. The summed E-state index contributed by atoms with van der Waals surface area (Å²) >= 11 is 0. The zero-order valence-electron chi connectivity index (χ0n) is 34.2. The number of aromatic nitrogens is 3. The molecule has 3 nitrogen and oxygen atoms in total. The van der Waals surface area contributed by atoms with Gasteiger partial charge in [-0.1, -0.05) is 188 Å². The van der Waals surface area contributed by atoms with Crippen molar-refractivity contribution in [3.05, 3.63) is 225 Å². The van der Waals surface area contributed by atoms with Gasteiger partial charge < -0.3 is 4.57 Å². The summed E-state index contributed by atoms with van der Waals surface area (Å²) in [7, 11) is 0. The minimum atomic E-state index is 0.859. The van der Waals surface area contributed by atoms with E-state index in [0.717, 1.165) is 44.3 Å². The molecular weight excluding hydrogens is 763 g/mol. The fourth-order valence-electron chi connectivity index (χ4n) is 10.2. The molecule has 11 aromatic carbocycles. The number of hydrogen-bond donors (Lipinski definition) is 0. The lowest BCUT2D eigenvalue weighted by molar-refractivity contribution is 1.18. The van der Waals surface area contributed by atoms with Crippen molar-refractivity contribution in [2.24, 2.45) is 0 Å². The van der Waals surface area contributed by atoms with Gasteiger partial charge in [-0.05, 0) is 96.0 Å². The zero-order chi connectivity index (χ0) is 41.4. The van der Waals surface area contributed by atoms with Crippen LogP contribution in [0.1, 0.15) is 0 Å². The van der Waals surface area contributed by atoms with E-state index in [-0.39, 0.29) is 0 Å². The molecule has 0 saturated carbocycles. The van der Waals surface area contributed by atoms with Crippen LogP contribution in [0.3, 0.4) is 0 Å². The maximum absolute atomic E-state index is 5.31. The van der Waals surface area contributed by atoms with Crippen LogP contribution < -0.4 is 0 Å². The molecule has 0 fully saturated rings. The van der Waals surface area contributed by atoms with Gasteiger partial charge in [-0.25, -0.2) is 4.98 Å². The molecule has 13 aromatic rings. The first-order valence-corrected chi connectivity index (χ1v) is 21.6. The van der Waals surface area contributed by atoms with Gasteiger partial charge in [0.05, 0.1) is 34.0 Å². The molecule has 63 heavy (non-hydrogen) atoms. The summed E-state index contributed by atoms with van der Waals surface area (Å²) in [4.78, 5) is 10.4. The minimum Gasteiger partial charge on any atom is -0.309 e. The fourth-order valence-corrected chi connectivity index (χ4v) is 10.2. The average Bonchev–Trinajstić information content (AvgIpc) is 3.69. The Balaban J connectivity index is 0.926. The van der Waals surface area contributed by atoms with Gasteiger partial charge in [-0.2, -0.15) is 0 Å². The molecule has 0 amide bonds. The first-order chi connectivity index (χ1) is 31.3. The summed E-state index contributed by atoms with van der Waals surface area (Å²) in [6.45, 7) is 0. The number of fused-ring (bicyclic) bond motifs is 11. The summed E-state index contributed by atoms with van der Waals surface area (Å²) in [6.07, 6.45) is 1.93. The Labute approximate surface area is 363 Å². The van der Waals surface area contributed by atoms with Crippen molar-refractivity contribution in [3.63, 3.8) is 0 Å². The lowest BCUT2D eigenvalue weighted by atomic mass is 9.87. The topological polar surface area (TPSA) is 30.7 Å². The normalized spacial score (nSPS) is 11.8. The van der Waals surface area contributed by atoms with Gasteiger partial charge in [-0.3, -0.25) is 4.98 Å². The highest BCUT2D eigenvalue weighted by molar-refractivity contribution is 6.23. The van der Waals surface area contributed by atoms with Gasteiger partial charge in [0, 0.05) is 32.8 Å². The minimum absolute atomic E-state index is 0.859. The maximum Gasteiger partial charge on any atom is 0.0979 e. The van der Waals surface area contributed by atoms with Crippen LogP contribution >= 0.6 is 0 Å². The summed E-state index contributed by atoms with van der Waals surface area (Å²) in [5, 5.41) is 12.0. The summed E-state index contributed by atoms with van der Waals surface area (Å²) < 4.78 is 2.40. The number of hydrogen-bond acceptors (Lipinski definition) is 2. The van der Waals surface area contributed by atoms with Gasteiger partial charge >= 0.3 is 0 Å². The SMILES string of the molecule is c1ccc(-n2c3ccccc3c3ccc(-c4ccc(-c5ccc(-c6cccc(-c7cnc8c9ccccc9c9ccccc9c8n7)c6)c6ccccc56)c5ccccc45)cc32)cc1. The number of para-hydroxylation sites is 2. The summed E-state index contributed by atoms with van der Waals surface area (Å²) in [5.74, 6) is 0. The zero-order valence-corrected chi connectivity index (χ0v) is 34.2. The molecule has 0 aliphatic rings. The van der Waals surface area contributed by atoms with Gasteiger partial charge in [0.1, 0.15) is 0 Å². The van der Waals surface area contributed by atoms with Crippen LogP contribution in [0.25, 0.3) is 126 Å². The van der Waals surface area contributed by atoms with E-state index in [9.17, 15) is 0 Å². The fraction of sp³-hybridized carbons (Fsp3) is 0. The van der Waals surface area contributed by atoms with E-state index < -0.39 is 0 Å². The van der Waals surface area contributed by atoms with Crippen LogP contribution in [0.5, 0.6) is 0 Å². The third-order valence-corrected chi connectivity index (χ3v) is 13.0. The third kappa shape index (κ3) is 5.53. The first kappa shape index (κ1) is 35.4. The Morgan fingerprint density at radius 1 is 0.286 bits per heavy atom. The molecule has 0 unspecified atom stereocenters. The number of rotatable bonds is 5. The van der Waals surface area contributed by atoms with Crippen molar-refractivity contribution >= 4 is 75.9 Å². The molecule has 0 saturated heterocycles. The number of nitrogens with zero attached hydrogens (tertiary/aromatic N) is 3. The van der Waals surface area contributed by atoms with Crippen molar-refractivity contribution in [2.75, 3.05) is 0 Å². The molecule has 2 heterocycles. The van der Waals surface area contributed by atoms with E-state index in [1.165, 1.54) is 81.9 Å². The van der Waals surface area contributed by atoms with Crippen LogP contribution in [0.4, 0.5) is 0 Å². The second-order valence-corrected chi connectivity index (χ2v) is 16.5. The lowest BCUT2D eigenvalue weighted by Crippen LogP contribution is -1.93. The Morgan fingerprint density at radius 2 is 0.762 bits per heavy atom. The van der Waals surface area contributed by atoms with E-state index in [1.807, 2.05) is 6.20 Å². The Kier molecular flexibility index (Phi) is 7.91. The van der Waals surface area contributed by atoms with Crippen molar-refractivity contribution < 1.29 is 0 Å². The monoisotopic (exact) mass is 799 g/mol. The Hall–Kier alpha value is -8.40. The molecule has 0 spiro atoms. The van der Waals surface area contributed by atoms with E-state index in [1.54, 1.807) is 0 Å². The van der Waals surface area contributed by atoms with E-state index in [0.29, 0.717) is 0 Å². The van der Waals surface area contributed by atoms with Crippen molar-refractivity contribution in [1.82, 2.24) is 14.5 Å². The van der Waals surface area contributed by atoms with Crippen LogP contribution in [-0.2, 0) is 0 Å². The van der Waals surface area contributed by atoms with Crippen LogP contribution in [0.2, 0.25) is 0 Å². The Bertz CT molecular complexity index is 3940. The first-order valence-electron chi connectivity index (χ1n) is 21.6. The molecule has 2 aromatic heterocycles. The van der Waals surface area contributed by atoms with Gasteiger partial charge in [-0.15, -0.1) is 0 Å². The van der Waals surface area contributed by atoms with E-state index >= 15 is 0 Å². The highest BCUT2D eigenvalue weighted by atomic mass is 15.0. The molecule has 292 valence electrons. The molecule has 0 atom stereocenters. The van der Waals surface area contributed by atoms with Gasteiger partial charge in [0.2, 0.25) is 0 Å². The summed E-state index contributed by atoms with van der Waals surface area (Å²) in [5.41, 5.74) is 14.5. The average molecular weight is 800 g/mol. The molecule has 13 rings (SSSR count). The van der Waals surface area contributed by atoms with E-state index in [4.69, 9.17) is 9.97 Å². The molecule has 3 heteroatoms. The standard InChI is InChI=1S/C60H37N3/c1-2-17-41(18-3-1)63-57-28-13-12-25-52(57)53-30-29-39(36-58(53)63)43-32-34-51(47-22-7-5-20-45(43)47)50-33-31-42(44-19-4-6-21-46(44)50)38-15-14-16-40(35-38)56-37-61-59-54-26-10-8-23-48(54)49-24-9-11-27-55(49)60(59)62-56/h1-37H. The van der Waals surface area contributed by atoms with Crippen molar-refractivity contribution in [2.45, 2.75) is 0 Å². The second kappa shape index (κ2) is 14.1. The molecule has 0 N–H and O–H groups in total. The quantitative estimate of drug-likeness (QED) is 0.162. The van der Waals surface area contributed by atoms with E-state index in [2.05, 4.69) is 223 Å². The largest absolute Gasteiger partial charge is 0.309 e. The highest BCUT2D eigenvalue weighted by Gasteiger charge is 2.18. The smallest absolute Gasteiger partial charge is 0.0979 e. The number of benzene rings is 11. The molecule has 0 bridgehead atoms. The Morgan fingerprint density at radius 3 is 1.41 bits per heavy atom. The van der Waals surface area contributed by atoms with Crippen LogP contribution in [0.15, 0.2) is 225 Å². The van der Waals surface area contributed by atoms with Crippen molar-refractivity contribution in [1.29, 1.82) is 0 Å². The van der Waals surface area contributed by atoms with Crippen LogP contribution in [0, 0.1) is 0 Å².